The average molecular weight is 329 g/mol. The molecule has 0 spiro atoms. The third kappa shape index (κ3) is 3.11. The van der Waals surface area contributed by atoms with Crippen molar-refractivity contribution in [3.8, 4) is 0 Å². The van der Waals surface area contributed by atoms with Gasteiger partial charge >= 0.3 is 5.97 Å². The molecule has 0 aliphatic rings. The van der Waals surface area contributed by atoms with Crippen molar-refractivity contribution >= 4 is 33.3 Å². The summed E-state index contributed by atoms with van der Waals surface area (Å²) in [5, 5.41) is 13.3. The zero-order valence-corrected chi connectivity index (χ0v) is 13.5. The molecule has 0 bridgehead atoms. The monoisotopic (exact) mass is 329 g/mol. The Hall–Kier alpha value is -2.61. The molecule has 23 heavy (non-hydrogen) atoms. The Morgan fingerprint density at radius 1 is 1.35 bits per heavy atom. The Morgan fingerprint density at radius 2 is 2.17 bits per heavy atom. The molecule has 3 aromatic rings. The molecule has 0 fully saturated rings. The van der Waals surface area contributed by atoms with Gasteiger partial charge in [0.15, 0.2) is 0 Å². The number of hydrogen-bond donors (Lipinski definition) is 2. The van der Waals surface area contributed by atoms with Crippen molar-refractivity contribution in [1.29, 1.82) is 0 Å². The maximum Gasteiger partial charge on any atom is 0.346 e. The summed E-state index contributed by atoms with van der Waals surface area (Å²) in [6.07, 6.45) is 7.16. The number of aromatic carboxylic acids is 1. The van der Waals surface area contributed by atoms with Gasteiger partial charge in [0.1, 0.15) is 21.9 Å². The highest BCUT2D eigenvalue weighted by Gasteiger charge is 2.19. The second kappa shape index (κ2) is 6.25. The van der Waals surface area contributed by atoms with Crippen molar-refractivity contribution in [1.82, 2.24) is 19.9 Å². The van der Waals surface area contributed by atoms with E-state index in [0.29, 0.717) is 27.5 Å². The number of carbonyl (C=O) groups is 1. The van der Waals surface area contributed by atoms with Crippen LogP contribution in [-0.2, 0) is 6.42 Å². The normalized spacial score (nSPS) is 12.3. The largest absolute Gasteiger partial charge is 0.477 e. The van der Waals surface area contributed by atoms with Crippen LogP contribution >= 0.6 is 11.3 Å². The van der Waals surface area contributed by atoms with Crippen LogP contribution in [0.25, 0.3) is 10.2 Å². The summed E-state index contributed by atoms with van der Waals surface area (Å²) < 4.78 is 0. The van der Waals surface area contributed by atoms with E-state index in [-0.39, 0.29) is 6.04 Å². The van der Waals surface area contributed by atoms with E-state index in [9.17, 15) is 9.90 Å². The van der Waals surface area contributed by atoms with Crippen molar-refractivity contribution in [2.45, 2.75) is 26.3 Å². The topological polar surface area (TPSA) is 101 Å². The average Bonchev–Trinajstić information content (AvgIpc) is 2.86. The van der Waals surface area contributed by atoms with Gasteiger partial charge in [0.25, 0.3) is 0 Å². The summed E-state index contributed by atoms with van der Waals surface area (Å²) in [5.74, 6) is -0.295. The number of carboxylic acids is 1. The molecule has 7 nitrogen and oxygen atoms in total. The zero-order valence-electron chi connectivity index (χ0n) is 12.6. The Kier molecular flexibility index (Phi) is 4.16. The Bertz CT molecular complexity index is 850. The molecular formula is C15H15N5O2S. The fourth-order valence-electron chi connectivity index (χ4n) is 2.42. The second-order valence-corrected chi connectivity index (χ2v) is 6.21. The minimum absolute atomic E-state index is 0.0670. The molecule has 0 saturated carbocycles. The molecule has 1 atom stereocenters. The first kappa shape index (κ1) is 15.3. The van der Waals surface area contributed by atoms with Crippen molar-refractivity contribution in [3.05, 3.63) is 41.1 Å². The molecule has 0 aromatic carbocycles. The summed E-state index contributed by atoms with van der Waals surface area (Å²) in [7, 11) is 0. The van der Waals surface area contributed by atoms with Crippen LogP contribution in [0.5, 0.6) is 0 Å². The van der Waals surface area contributed by atoms with Crippen LogP contribution in [0.2, 0.25) is 0 Å². The molecule has 0 aliphatic carbocycles. The fraction of sp³-hybridized carbons (Fsp3) is 0.267. The van der Waals surface area contributed by atoms with E-state index in [0.717, 1.165) is 22.4 Å². The highest BCUT2D eigenvalue weighted by molar-refractivity contribution is 7.20. The Balaban J connectivity index is 1.89. The van der Waals surface area contributed by atoms with Crippen LogP contribution in [0, 0.1) is 6.92 Å². The number of thiophene rings is 1. The number of aromatic nitrogens is 4. The van der Waals surface area contributed by atoms with Crippen LogP contribution in [0.3, 0.4) is 0 Å². The van der Waals surface area contributed by atoms with Crippen LogP contribution in [0.1, 0.15) is 27.9 Å². The fourth-order valence-corrected chi connectivity index (χ4v) is 3.41. The van der Waals surface area contributed by atoms with Gasteiger partial charge in [-0.25, -0.2) is 14.8 Å². The van der Waals surface area contributed by atoms with Crippen molar-refractivity contribution in [3.63, 3.8) is 0 Å². The van der Waals surface area contributed by atoms with Gasteiger partial charge in [0.05, 0.1) is 11.1 Å². The number of nitrogens with one attached hydrogen (secondary N) is 1. The lowest BCUT2D eigenvalue weighted by Crippen LogP contribution is -2.19. The molecule has 0 saturated heterocycles. The van der Waals surface area contributed by atoms with E-state index in [1.165, 1.54) is 6.33 Å². The number of carboxylic acid groups (broad SMARTS) is 1. The van der Waals surface area contributed by atoms with Gasteiger partial charge < -0.3 is 10.4 Å². The number of fused-ring (bicyclic) bond motifs is 1. The van der Waals surface area contributed by atoms with Gasteiger partial charge in [-0.15, -0.1) is 11.3 Å². The molecule has 0 radical (unpaired) electrons. The number of rotatable bonds is 5. The molecule has 3 heterocycles. The molecule has 0 amide bonds. The molecular weight excluding hydrogens is 314 g/mol. The Morgan fingerprint density at radius 3 is 2.87 bits per heavy atom. The minimum Gasteiger partial charge on any atom is -0.477 e. The molecule has 0 aliphatic heterocycles. The lowest BCUT2D eigenvalue weighted by molar-refractivity contribution is 0.0701. The third-order valence-electron chi connectivity index (χ3n) is 3.44. The predicted molar refractivity (Wildman–Crippen MR) is 87.9 cm³/mol. The summed E-state index contributed by atoms with van der Waals surface area (Å²) in [4.78, 5) is 29.0. The van der Waals surface area contributed by atoms with Gasteiger partial charge in [-0.05, 0) is 19.4 Å². The van der Waals surface area contributed by atoms with Crippen molar-refractivity contribution in [2.24, 2.45) is 0 Å². The van der Waals surface area contributed by atoms with Gasteiger partial charge in [-0.3, -0.25) is 9.97 Å². The minimum atomic E-state index is -0.941. The van der Waals surface area contributed by atoms with Crippen LogP contribution in [0.4, 0.5) is 5.82 Å². The highest BCUT2D eigenvalue weighted by Crippen LogP contribution is 2.33. The zero-order chi connectivity index (χ0) is 16.4. The first-order valence-corrected chi connectivity index (χ1v) is 7.86. The summed E-state index contributed by atoms with van der Waals surface area (Å²) in [5.41, 5.74) is 1.57. The highest BCUT2D eigenvalue weighted by atomic mass is 32.1. The van der Waals surface area contributed by atoms with E-state index in [1.807, 2.05) is 6.92 Å². The smallest absolute Gasteiger partial charge is 0.346 e. The van der Waals surface area contributed by atoms with E-state index in [4.69, 9.17) is 0 Å². The molecule has 2 N–H and O–H groups in total. The van der Waals surface area contributed by atoms with Gasteiger partial charge in [-0.1, -0.05) is 0 Å². The van der Waals surface area contributed by atoms with E-state index in [2.05, 4.69) is 25.3 Å². The predicted octanol–water partition coefficient (Wildman–Crippen LogP) is 2.53. The van der Waals surface area contributed by atoms with Crippen molar-refractivity contribution < 1.29 is 9.90 Å². The summed E-state index contributed by atoms with van der Waals surface area (Å²) >= 11 is 1.16. The molecule has 0 unspecified atom stereocenters. The second-order valence-electron chi connectivity index (χ2n) is 5.21. The van der Waals surface area contributed by atoms with E-state index in [1.54, 1.807) is 25.5 Å². The standard InChI is InChI=1S/C15H15N5O2S/c1-8(5-10-6-16-3-4-17-10)20-13-11-9(2)12(15(21)22)23-14(11)19-7-18-13/h3-4,6-8H,5H2,1-2H3,(H,21,22)(H,18,19,20)/t8-/m0/s1. The number of aryl methyl sites for hydroxylation is 1. The van der Waals surface area contributed by atoms with Gasteiger partial charge in [0.2, 0.25) is 0 Å². The maximum atomic E-state index is 11.3. The van der Waals surface area contributed by atoms with E-state index < -0.39 is 5.97 Å². The third-order valence-corrected chi connectivity index (χ3v) is 4.62. The SMILES string of the molecule is Cc1c(C(=O)O)sc2ncnc(N[C@@H](C)Cc3cnccn3)c12. The number of hydrogen-bond acceptors (Lipinski definition) is 7. The molecule has 3 aromatic heterocycles. The quantitative estimate of drug-likeness (QED) is 0.741. The van der Waals surface area contributed by atoms with E-state index >= 15 is 0 Å². The maximum absolute atomic E-state index is 11.3. The Labute approximate surface area is 136 Å². The number of anilines is 1. The summed E-state index contributed by atoms with van der Waals surface area (Å²) in [6.45, 7) is 3.80. The first-order valence-electron chi connectivity index (χ1n) is 7.05. The van der Waals surface area contributed by atoms with Gasteiger partial charge in [0, 0.05) is 31.1 Å². The number of nitrogens with zero attached hydrogens (tertiary/aromatic N) is 4. The van der Waals surface area contributed by atoms with Crippen LogP contribution in [0.15, 0.2) is 24.9 Å². The first-order chi connectivity index (χ1) is 11.1. The lowest BCUT2D eigenvalue weighted by atomic mass is 10.1. The molecule has 118 valence electrons. The van der Waals surface area contributed by atoms with Crippen LogP contribution < -0.4 is 5.32 Å². The van der Waals surface area contributed by atoms with Crippen molar-refractivity contribution in [2.75, 3.05) is 5.32 Å². The summed E-state index contributed by atoms with van der Waals surface area (Å²) in [6, 6.07) is 0.0670. The molecule has 3 rings (SSSR count). The van der Waals surface area contributed by atoms with Crippen LogP contribution in [-0.4, -0.2) is 37.1 Å². The van der Waals surface area contributed by atoms with Gasteiger partial charge in [-0.2, -0.15) is 0 Å². The molecule has 8 heteroatoms. The lowest BCUT2D eigenvalue weighted by Gasteiger charge is -2.14.